The van der Waals surface area contributed by atoms with Crippen molar-refractivity contribution in [2.45, 2.75) is 13.0 Å². The normalized spacial score (nSPS) is 12.4. The van der Waals surface area contributed by atoms with E-state index in [0.29, 0.717) is 5.82 Å². The van der Waals surface area contributed by atoms with Gasteiger partial charge in [-0.05, 0) is 13.0 Å². The fourth-order valence-electron chi connectivity index (χ4n) is 1.14. The molecular weight excluding hydrogens is 235 g/mol. The van der Waals surface area contributed by atoms with Gasteiger partial charge in [-0.25, -0.2) is 9.37 Å². The number of anilines is 1. The average molecular weight is 243 g/mol. The van der Waals surface area contributed by atoms with Crippen LogP contribution in [0.15, 0.2) is 12.3 Å². The van der Waals surface area contributed by atoms with Gasteiger partial charge in [0, 0.05) is 6.20 Å². The molecule has 0 aliphatic carbocycles. The lowest BCUT2D eigenvalue weighted by Crippen LogP contribution is -2.11. The van der Waals surface area contributed by atoms with Crippen LogP contribution in [-0.2, 0) is 0 Å². The van der Waals surface area contributed by atoms with E-state index in [1.807, 2.05) is 0 Å². The monoisotopic (exact) mass is 242 g/mol. The number of hydrogen-bond donors (Lipinski definition) is 2. The first-order valence-electron chi connectivity index (χ1n) is 4.47. The van der Waals surface area contributed by atoms with Crippen molar-refractivity contribution in [2.24, 2.45) is 0 Å². The summed E-state index contributed by atoms with van der Waals surface area (Å²) in [6.45, 7) is 1.76. The minimum Gasteiger partial charge on any atom is -0.358 e. The molecule has 1 atom stereocenters. The van der Waals surface area contributed by atoms with E-state index in [9.17, 15) is 4.39 Å². The second kappa shape index (κ2) is 4.40. The molecular formula is C8H8ClFN6. The summed E-state index contributed by atoms with van der Waals surface area (Å²) in [7, 11) is 0. The molecule has 0 aliphatic rings. The highest BCUT2D eigenvalue weighted by Gasteiger charge is 2.13. The van der Waals surface area contributed by atoms with Gasteiger partial charge in [0.2, 0.25) is 0 Å². The summed E-state index contributed by atoms with van der Waals surface area (Å²) in [5.74, 6) is 0.000643. The molecule has 1 unspecified atom stereocenters. The molecule has 84 valence electrons. The molecule has 2 aromatic heterocycles. The Bertz CT molecular complexity index is 473. The lowest BCUT2D eigenvalue weighted by Gasteiger charge is -2.10. The van der Waals surface area contributed by atoms with E-state index in [2.05, 4.69) is 30.9 Å². The van der Waals surface area contributed by atoms with Crippen molar-refractivity contribution >= 4 is 17.4 Å². The zero-order valence-corrected chi connectivity index (χ0v) is 9.03. The third kappa shape index (κ3) is 2.25. The number of tetrazole rings is 1. The largest absolute Gasteiger partial charge is 0.358 e. The Labute approximate surface area is 95.2 Å². The van der Waals surface area contributed by atoms with Crippen molar-refractivity contribution in [1.82, 2.24) is 25.6 Å². The number of hydrogen-bond acceptors (Lipinski definition) is 5. The molecule has 2 rings (SSSR count). The number of H-pyrrole nitrogens is 1. The Morgan fingerprint density at radius 3 is 3.00 bits per heavy atom. The van der Waals surface area contributed by atoms with Crippen LogP contribution in [-0.4, -0.2) is 25.6 Å². The molecule has 0 saturated heterocycles. The highest BCUT2D eigenvalue weighted by Crippen LogP contribution is 2.19. The van der Waals surface area contributed by atoms with E-state index >= 15 is 0 Å². The number of pyridine rings is 1. The van der Waals surface area contributed by atoms with Crippen molar-refractivity contribution < 1.29 is 4.39 Å². The van der Waals surface area contributed by atoms with Crippen molar-refractivity contribution in [3.63, 3.8) is 0 Å². The van der Waals surface area contributed by atoms with E-state index < -0.39 is 5.82 Å². The van der Waals surface area contributed by atoms with Gasteiger partial charge in [-0.1, -0.05) is 16.8 Å². The first-order chi connectivity index (χ1) is 7.66. The number of nitrogens with zero attached hydrogens (tertiary/aromatic N) is 4. The average Bonchev–Trinajstić information content (AvgIpc) is 2.75. The van der Waals surface area contributed by atoms with Gasteiger partial charge in [0.15, 0.2) is 17.5 Å². The summed E-state index contributed by atoms with van der Waals surface area (Å²) in [6, 6.07) is 0.877. The molecule has 0 spiro atoms. The van der Waals surface area contributed by atoms with Crippen LogP contribution in [0.2, 0.25) is 5.02 Å². The predicted molar refractivity (Wildman–Crippen MR) is 55.4 cm³/mol. The summed E-state index contributed by atoms with van der Waals surface area (Å²) >= 11 is 5.58. The van der Waals surface area contributed by atoms with Crippen molar-refractivity contribution in [3.05, 3.63) is 28.9 Å². The second-order valence-electron chi connectivity index (χ2n) is 3.12. The van der Waals surface area contributed by atoms with Crippen LogP contribution in [0.5, 0.6) is 0 Å². The first kappa shape index (κ1) is 10.7. The number of nitrogens with one attached hydrogen (secondary N) is 2. The lowest BCUT2D eigenvalue weighted by atomic mass is 10.3. The molecule has 2 aromatic rings. The summed E-state index contributed by atoms with van der Waals surface area (Å²) in [5, 5.41) is 16.3. The maximum atomic E-state index is 13.4. The van der Waals surface area contributed by atoms with Gasteiger partial charge in [0.05, 0.1) is 11.1 Å². The fraction of sp³-hybridized carbons (Fsp3) is 0.250. The maximum absolute atomic E-state index is 13.4. The van der Waals surface area contributed by atoms with Gasteiger partial charge in [0.1, 0.15) is 0 Å². The molecule has 0 amide bonds. The molecule has 0 radical (unpaired) electrons. The molecule has 2 N–H and O–H groups in total. The maximum Gasteiger partial charge on any atom is 0.196 e. The molecule has 0 aliphatic heterocycles. The van der Waals surface area contributed by atoms with E-state index in [4.69, 9.17) is 11.6 Å². The third-order valence-electron chi connectivity index (χ3n) is 1.91. The van der Waals surface area contributed by atoms with Gasteiger partial charge in [-0.2, -0.15) is 5.21 Å². The van der Waals surface area contributed by atoms with Gasteiger partial charge >= 0.3 is 0 Å². The smallest absolute Gasteiger partial charge is 0.196 e. The minimum atomic E-state index is -0.525. The zero-order valence-electron chi connectivity index (χ0n) is 8.28. The van der Waals surface area contributed by atoms with Crippen LogP contribution in [0.4, 0.5) is 10.2 Å². The zero-order chi connectivity index (χ0) is 11.5. The Hall–Kier alpha value is -1.76. The molecule has 0 saturated carbocycles. The van der Waals surface area contributed by atoms with Crippen LogP contribution in [0.25, 0.3) is 0 Å². The number of rotatable bonds is 3. The number of aromatic amines is 1. The summed E-state index contributed by atoms with van der Waals surface area (Å²) in [5.41, 5.74) is 0. The van der Waals surface area contributed by atoms with Crippen LogP contribution in [0.3, 0.4) is 0 Å². The highest BCUT2D eigenvalue weighted by molar-refractivity contribution is 6.30. The first-order valence-corrected chi connectivity index (χ1v) is 4.85. The Morgan fingerprint density at radius 2 is 2.38 bits per heavy atom. The van der Waals surface area contributed by atoms with E-state index in [-0.39, 0.29) is 16.9 Å². The second-order valence-corrected chi connectivity index (χ2v) is 3.56. The Balaban J connectivity index is 2.15. The predicted octanol–water partition coefficient (Wildman–Crippen LogP) is 1.56. The van der Waals surface area contributed by atoms with Crippen LogP contribution in [0, 0.1) is 5.82 Å². The van der Waals surface area contributed by atoms with Crippen molar-refractivity contribution in [3.8, 4) is 0 Å². The Morgan fingerprint density at radius 1 is 1.56 bits per heavy atom. The summed E-state index contributed by atoms with van der Waals surface area (Å²) in [6.07, 6.45) is 1.36. The Kier molecular flexibility index (Phi) is 2.95. The standard InChI is InChI=1S/C8H8ClFN6/c1-4(7-13-15-16-14-7)12-8-6(10)2-5(9)3-11-8/h2-4H,1H3,(H,11,12)(H,13,14,15,16). The fourth-order valence-corrected chi connectivity index (χ4v) is 1.29. The molecule has 0 bridgehead atoms. The SMILES string of the molecule is CC(Nc1ncc(Cl)cc1F)c1nn[nH]n1. The lowest BCUT2D eigenvalue weighted by molar-refractivity contribution is 0.619. The minimum absolute atomic E-state index is 0.0988. The summed E-state index contributed by atoms with van der Waals surface area (Å²) in [4.78, 5) is 3.82. The van der Waals surface area contributed by atoms with E-state index in [1.165, 1.54) is 12.3 Å². The highest BCUT2D eigenvalue weighted by atomic mass is 35.5. The van der Waals surface area contributed by atoms with Gasteiger partial charge in [-0.15, -0.1) is 10.2 Å². The van der Waals surface area contributed by atoms with Crippen LogP contribution in [0.1, 0.15) is 18.8 Å². The van der Waals surface area contributed by atoms with E-state index in [0.717, 1.165) is 0 Å². The van der Waals surface area contributed by atoms with E-state index in [1.54, 1.807) is 6.92 Å². The quantitative estimate of drug-likeness (QED) is 0.854. The number of halogens is 2. The van der Waals surface area contributed by atoms with Gasteiger partial charge in [0.25, 0.3) is 0 Å². The molecule has 8 heteroatoms. The third-order valence-corrected chi connectivity index (χ3v) is 2.12. The van der Waals surface area contributed by atoms with Crippen LogP contribution < -0.4 is 5.32 Å². The molecule has 6 nitrogen and oxygen atoms in total. The molecule has 0 aromatic carbocycles. The number of aromatic nitrogens is 5. The van der Waals surface area contributed by atoms with Crippen LogP contribution >= 0.6 is 11.6 Å². The van der Waals surface area contributed by atoms with Crippen molar-refractivity contribution in [1.29, 1.82) is 0 Å². The summed E-state index contributed by atoms with van der Waals surface area (Å²) < 4.78 is 13.4. The van der Waals surface area contributed by atoms with Crippen molar-refractivity contribution in [2.75, 3.05) is 5.32 Å². The topological polar surface area (TPSA) is 79.4 Å². The molecule has 0 fully saturated rings. The molecule has 2 heterocycles. The van der Waals surface area contributed by atoms with Gasteiger partial charge < -0.3 is 5.32 Å². The molecule has 16 heavy (non-hydrogen) atoms. The van der Waals surface area contributed by atoms with Gasteiger partial charge in [-0.3, -0.25) is 0 Å².